The third-order valence-electron chi connectivity index (χ3n) is 5.02. The van der Waals surface area contributed by atoms with Gasteiger partial charge in [-0.15, -0.1) is 0 Å². The van der Waals surface area contributed by atoms with E-state index in [-0.39, 0.29) is 24.8 Å². The van der Waals surface area contributed by atoms with Gasteiger partial charge in [-0.1, -0.05) is 43.0 Å². The number of esters is 1. The summed E-state index contributed by atoms with van der Waals surface area (Å²) in [6.07, 6.45) is 0. The summed E-state index contributed by atoms with van der Waals surface area (Å²) in [7, 11) is 0. The lowest BCUT2D eigenvalue weighted by atomic mass is 9.83. The number of ether oxygens (including phenoxy) is 2. The lowest BCUT2D eigenvalue weighted by Crippen LogP contribution is -2.22. The first kappa shape index (κ1) is 21.1. The van der Waals surface area contributed by atoms with E-state index in [4.69, 9.17) is 9.47 Å². The number of carbonyl (C=O) groups excluding carboxylic acids is 3. The van der Waals surface area contributed by atoms with E-state index in [1.54, 1.807) is 73.7 Å². The third-order valence-corrected chi connectivity index (χ3v) is 5.02. The fraction of sp³-hybridized carbons (Fsp3) is 0.115. The molecule has 1 aliphatic rings. The number of ketones is 2. The van der Waals surface area contributed by atoms with Gasteiger partial charge in [-0.2, -0.15) is 0 Å². The van der Waals surface area contributed by atoms with Crippen molar-refractivity contribution < 1.29 is 23.9 Å². The van der Waals surface area contributed by atoms with Crippen LogP contribution in [0.2, 0.25) is 0 Å². The molecule has 0 heterocycles. The largest absolute Gasteiger partial charge is 0.490 e. The topological polar surface area (TPSA) is 81.7 Å². The maximum Gasteiger partial charge on any atom is 0.333 e. The normalized spacial score (nSPS) is 11.9. The Kier molecular flexibility index (Phi) is 5.85. The number of hydrogen-bond acceptors (Lipinski definition) is 6. The zero-order valence-electron chi connectivity index (χ0n) is 17.5. The molecular weight excluding hydrogens is 406 g/mol. The van der Waals surface area contributed by atoms with Crippen LogP contribution in [0.15, 0.2) is 78.9 Å². The van der Waals surface area contributed by atoms with Crippen molar-refractivity contribution >= 4 is 28.9 Å². The highest BCUT2D eigenvalue weighted by Gasteiger charge is 2.31. The van der Waals surface area contributed by atoms with E-state index < -0.39 is 5.97 Å². The second kappa shape index (κ2) is 8.89. The number of benzene rings is 3. The molecule has 0 saturated heterocycles. The van der Waals surface area contributed by atoms with E-state index in [2.05, 4.69) is 11.9 Å². The van der Waals surface area contributed by atoms with Crippen molar-refractivity contribution in [2.24, 2.45) is 0 Å². The Morgan fingerprint density at radius 3 is 2.19 bits per heavy atom. The monoisotopic (exact) mass is 427 g/mol. The summed E-state index contributed by atoms with van der Waals surface area (Å²) < 4.78 is 10.6. The van der Waals surface area contributed by atoms with Gasteiger partial charge < -0.3 is 14.8 Å². The van der Waals surface area contributed by atoms with Crippen LogP contribution < -0.4 is 10.1 Å². The molecule has 1 aliphatic carbocycles. The Hall–Kier alpha value is -4.19. The van der Waals surface area contributed by atoms with Gasteiger partial charge in [-0.25, -0.2) is 4.79 Å². The molecule has 0 unspecified atom stereocenters. The Bertz CT molecular complexity index is 1230. The van der Waals surface area contributed by atoms with Gasteiger partial charge in [0.15, 0.2) is 11.6 Å². The first-order chi connectivity index (χ1) is 15.5. The molecule has 6 nitrogen and oxygen atoms in total. The molecule has 0 bridgehead atoms. The van der Waals surface area contributed by atoms with Gasteiger partial charge in [0.25, 0.3) is 0 Å². The Balaban J connectivity index is 1.47. The van der Waals surface area contributed by atoms with Crippen LogP contribution in [0.5, 0.6) is 5.75 Å². The van der Waals surface area contributed by atoms with Crippen LogP contribution in [-0.2, 0) is 9.53 Å². The molecular formula is C26H21NO5. The van der Waals surface area contributed by atoms with Crippen molar-refractivity contribution in [3.8, 4) is 5.75 Å². The molecule has 0 aliphatic heterocycles. The predicted molar refractivity (Wildman–Crippen MR) is 121 cm³/mol. The molecule has 160 valence electrons. The van der Waals surface area contributed by atoms with E-state index in [1.807, 2.05) is 0 Å². The summed E-state index contributed by atoms with van der Waals surface area (Å²) in [5.74, 6) is -0.176. The number of nitrogens with one attached hydrogen (secondary N) is 1. The molecule has 0 saturated carbocycles. The van der Waals surface area contributed by atoms with Crippen molar-refractivity contribution in [1.82, 2.24) is 0 Å². The standard InChI is InChI=1S/C26H21NO5/c1-16(2)26(30)32-15-14-31-18-12-10-17(11-13-18)27-22-9-5-8-21-23(22)25(29)20-7-4-3-6-19(20)24(21)28/h3-13,27H,1,14-15H2,2H3. The van der Waals surface area contributed by atoms with Crippen molar-refractivity contribution in [3.05, 3.63) is 101 Å². The zero-order chi connectivity index (χ0) is 22.7. The molecule has 0 atom stereocenters. The van der Waals surface area contributed by atoms with Gasteiger partial charge in [0.2, 0.25) is 0 Å². The number of hydrogen-bond donors (Lipinski definition) is 1. The highest BCUT2D eigenvalue weighted by atomic mass is 16.6. The number of rotatable bonds is 7. The minimum absolute atomic E-state index is 0.124. The smallest absolute Gasteiger partial charge is 0.333 e. The molecule has 1 N–H and O–H groups in total. The number of carbonyl (C=O) groups is 3. The van der Waals surface area contributed by atoms with Crippen molar-refractivity contribution in [3.63, 3.8) is 0 Å². The maximum atomic E-state index is 13.1. The van der Waals surface area contributed by atoms with Crippen LogP contribution in [0.3, 0.4) is 0 Å². The first-order valence-corrected chi connectivity index (χ1v) is 10.1. The predicted octanol–water partition coefficient (Wildman–Crippen LogP) is 4.70. The molecule has 3 aromatic rings. The second-order valence-electron chi connectivity index (χ2n) is 7.35. The minimum Gasteiger partial charge on any atom is -0.490 e. The second-order valence-corrected chi connectivity index (χ2v) is 7.35. The molecule has 0 aromatic heterocycles. The minimum atomic E-state index is -0.449. The molecule has 0 radical (unpaired) electrons. The lowest BCUT2D eigenvalue weighted by Gasteiger charge is -2.20. The highest BCUT2D eigenvalue weighted by Crippen LogP contribution is 2.33. The zero-order valence-corrected chi connectivity index (χ0v) is 17.5. The molecule has 0 spiro atoms. The molecule has 3 aromatic carbocycles. The molecule has 4 rings (SSSR count). The van der Waals surface area contributed by atoms with Gasteiger partial charge in [-0.05, 0) is 37.3 Å². The summed E-state index contributed by atoms with van der Waals surface area (Å²) in [6, 6.07) is 19.2. The number of fused-ring (bicyclic) bond motifs is 2. The van der Waals surface area contributed by atoms with E-state index in [9.17, 15) is 14.4 Å². The maximum absolute atomic E-state index is 13.1. The van der Waals surface area contributed by atoms with Crippen molar-refractivity contribution in [2.75, 3.05) is 18.5 Å². The summed E-state index contributed by atoms with van der Waals surface area (Å²) >= 11 is 0. The number of anilines is 2. The highest BCUT2D eigenvalue weighted by molar-refractivity contribution is 6.30. The quantitative estimate of drug-likeness (QED) is 0.261. The van der Waals surface area contributed by atoms with Gasteiger partial charge in [0.05, 0.1) is 11.3 Å². The summed E-state index contributed by atoms with van der Waals surface area (Å²) in [4.78, 5) is 37.3. The van der Waals surface area contributed by atoms with E-state index in [1.165, 1.54) is 0 Å². The molecule has 0 amide bonds. The Morgan fingerprint density at radius 1 is 0.844 bits per heavy atom. The average Bonchev–Trinajstić information content (AvgIpc) is 2.81. The van der Waals surface area contributed by atoms with Gasteiger partial charge in [0, 0.05) is 28.0 Å². The summed E-state index contributed by atoms with van der Waals surface area (Å²) in [5.41, 5.74) is 3.24. The Labute approximate surface area is 185 Å². The lowest BCUT2D eigenvalue weighted by molar-refractivity contribution is -0.139. The van der Waals surface area contributed by atoms with Crippen molar-refractivity contribution in [2.45, 2.75) is 6.92 Å². The van der Waals surface area contributed by atoms with Crippen molar-refractivity contribution in [1.29, 1.82) is 0 Å². The Morgan fingerprint density at radius 2 is 1.50 bits per heavy atom. The van der Waals surface area contributed by atoms with E-state index in [0.29, 0.717) is 39.3 Å². The first-order valence-electron chi connectivity index (χ1n) is 10.1. The fourth-order valence-corrected chi connectivity index (χ4v) is 3.46. The van der Waals surface area contributed by atoms with Crippen LogP contribution >= 0.6 is 0 Å². The van der Waals surface area contributed by atoms with Gasteiger partial charge in [0.1, 0.15) is 19.0 Å². The van der Waals surface area contributed by atoms with Crippen LogP contribution in [0, 0.1) is 0 Å². The fourth-order valence-electron chi connectivity index (χ4n) is 3.46. The molecule has 0 fully saturated rings. The van der Waals surface area contributed by atoms with Crippen LogP contribution in [0.4, 0.5) is 11.4 Å². The summed E-state index contributed by atoms with van der Waals surface area (Å²) in [5, 5.41) is 3.23. The molecule has 6 heteroatoms. The van der Waals surface area contributed by atoms with Gasteiger partial charge >= 0.3 is 5.97 Å². The average molecular weight is 427 g/mol. The van der Waals surface area contributed by atoms with Crippen LogP contribution in [0.1, 0.15) is 38.8 Å². The van der Waals surface area contributed by atoms with E-state index in [0.717, 1.165) is 5.69 Å². The SMILES string of the molecule is C=C(C)C(=O)OCCOc1ccc(Nc2cccc3c2C(=O)c2ccccc2C3=O)cc1. The third kappa shape index (κ3) is 4.16. The van der Waals surface area contributed by atoms with E-state index >= 15 is 0 Å². The molecule has 32 heavy (non-hydrogen) atoms. The van der Waals surface area contributed by atoms with Gasteiger partial charge in [-0.3, -0.25) is 9.59 Å². The van der Waals surface area contributed by atoms with Crippen LogP contribution in [0.25, 0.3) is 0 Å². The summed E-state index contributed by atoms with van der Waals surface area (Å²) in [6.45, 7) is 5.45. The van der Waals surface area contributed by atoms with Crippen LogP contribution in [-0.4, -0.2) is 30.7 Å².